The van der Waals surface area contributed by atoms with Crippen LogP contribution in [0.15, 0.2) is 28.9 Å². The van der Waals surface area contributed by atoms with E-state index in [4.69, 9.17) is 0 Å². The van der Waals surface area contributed by atoms with Crippen LogP contribution in [0.3, 0.4) is 0 Å². The van der Waals surface area contributed by atoms with E-state index < -0.39 is 0 Å². The number of aromatic nitrogens is 1. The second-order valence-corrected chi connectivity index (χ2v) is 3.74. The summed E-state index contributed by atoms with van der Waals surface area (Å²) >= 11 is 3.30. The van der Waals surface area contributed by atoms with Crippen LogP contribution in [-0.2, 0) is 0 Å². The highest BCUT2D eigenvalue weighted by Gasteiger charge is 2.06. The number of rotatable bonds is 0. The van der Waals surface area contributed by atoms with Crippen molar-refractivity contribution in [3.8, 4) is 0 Å². The van der Waals surface area contributed by atoms with Gasteiger partial charge in [-0.1, -0.05) is 6.07 Å². The fraction of sp³-hybridized carbons (Fsp3) is 0.100. The van der Waals surface area contributed by atoms with E-state index in [0.29, 0.717) is 5.39 Å². The van der Waals surface area contributed by atoms with Crippen LogP contribution in [0, 0.1) is 12.7 Å². The monoisotopic (exact) mass is 239 g/mol. The van der Waals surface area contributed by atoms with Crippen LogP contribution in [0.4, 0.5) is 4.39 Å². The Morgan fingerprint density at radius 2 is 2.08 bits per heavy atom. The van der Waals surface area contributed by atoms with Gasteiger partial charge in [0.2, 0.25) is 0 Å². The minimum absolute atomic E-state index is 0.236. The lowest BCUT2D eigenvalue weighted by Crippen LogP contribution is -1.87. The summed E-state index contributed by atoms with van der Waals surface area (Å²) in [6.45, 7) is 1.92. The Hall–Kier alpha value is -0.960. The molecule has 0 fully saturated rings. The van der Waals surface area contributed by atoms with Crippen LogP contribution in [0.25, 0.3) is 10.9 Å². The molecule has 2 aromatic rings. The van der Waals surface area contributed by atoms with Gasteiger partial charge in [0, 0.05) is 10.7 Å². The largest absolute Gasteiger partial charge is 0.256 e. The van der Waals surface area contributed by atoms with Crippen molar-refractivity contribution in [2.45, 2.75) is 6.92 Å². The van der Waals surface area contributed by atoms with E-state index >= 15 is 0 Å². The van der Waals surface area contributed by atoms with Crippen molar-refractivity contribution < 1.29 is 4.39 Å². The molecule has 3 heteroatoms. The van der Waals surface area contributed by atoms with Crippen molar-refractivity contribution in [3.05, 3.63) is 40.2 Å². The zero-order valence-electron chi connectivity index (χ0n) is 7.01. The molecular weight excluding hydrogens is 233 g/mol. The van der Waals surface area contributed by atoms with Crippen LogP contribution in [0.1, 0.15) is 5.56 Å². The molecule has 0 aliphatic heterocycles. The molecule has 0 spiro atoms. The van der Waals surface area contributed by atoms with E-state index in [0.717, 1.165) is 15.6 Å². The molecule has 13 heavy (non-hydrogen) atoms. The Morgan fingerprint density at radius 1 is 1.31 bits per heavy atom. The molecule has 0 saturated heterocycles. The van der Waals surface area contributed by atoms with E-state index in [-0.39, 0.29) is 5.82 Å². The van der Waals surface area contributed by atoms with E-state index in [1.807, 2.05) is 19.1 Å². The minimum atomic E-state index is -0.236. The molecule has 1 heterocycles. The van der Waals surface area contributed by atoms with Gasteiger partial charge in [0.15, 0.2) is 0 Å². The Bertz CT molecular complexity index is 459. The Morgan fingerprint density at radius 3 is 2.77 bits per heavy atom. The molecular formula is C10H7BrFN. The van der Waals surface area contributed by atoms with Gasteiger partial charge in [-0.2, -0.15) is 0 Å². The highest BCUT2D eigenvalue weighted by atomic mass is 79.9. The van der Waals surface area contributed by atoms with E-state index in [9.17, 15) is 4.39 Å². The second kappa shape index (κ2) is 3.07. The summed E-state index contributed by atoms with van der Waals surface area (Å²) in [7, 11) is 0. The zero-order valence-corrected chi connectivity index (χ0v) is 8.60. The molecule has 66 valence electrons. The highest BCUT2D eigenvalue weighted by molar-refractivity contribution is 9.10. The summed E-state index contributed by atoms with van der Waals surface area (Å²) in [6.07, 6.45) is 1.48. The summed E-state index contributed by atoms with van der Waals surface area (Å²) < 4.78 is 14.1. The zero-order chi connectivity index (χ0) is 9.42. The molecule has 0 aliphatic carbocycles. The van der Waals surface area contributed by atoms with E-state index in [1.165, 1.54) is 12.3 Å². The lowest BCUT2D eigenvalue weighted by molar-refractivity contribution is 0.638. The van der Waals surface area contributed by atoms with Crippen LogP contribution < -0.4 is 0 Å². The summed E-state index contributed by atoms with van der Waals surface area (Å²) in [5.74, 6) is -0.236. The third kappa shape index (κ3) is 1.33. The molecule has 0 amide bonds. The minimum Gasteiger partial charge on any atom is -0.256 e. The molecule has 0 bridgehead atoms. The van der Waals surface area contributed by atoms with E-state index in [2.05, 4.69) is 20.9 Å². The van der Waals surface area contributed by atoms with Crippen molar-refractivity contribution in [3.63, 3.8) is 0 Å². The molecule has 1 nitrogen and oxygen atoms in total. The molecule has 0 saturated carbocycles. The van der Waals surface area contributed by atoms with Gasteiger partial charge in [-0.25, -0.2) is 4.39 Å². The summed E-state index contributed by atoms with van der Waals surface area (Å²) in [6, 6.07) is 5.12. The number of pyridine rings is 1. The number of fused-ring (bicyclic) bond motifs is 1. The maximum Gasteiger partial charge on any atom is 0.135 e. The van der Waals surface area contributed by atoms with E-state index in [1.54, 1.807) is 0 Å². The van der Waals surface area contributed by atoms with Crippen LogP contribution >= 0.6 is 15.9 Å². The van der Waals surface area contributed by atoms with Gasteiger partial charge >= 0.3 is 0 Å². The molecule has 2 rings (SSSR count). The third-order valence-corrected chi connectivity index (χ3v) is 2.65. The van der Waals surface area contributed by atoms with Gasteiger partial charge in [0.1, 0.15) is 5.82 Å². The van der Waals surface area contributed by atoms with Crippen LogP contribution in [0.5, 0.6) is 0 Å². The first-order valence-corrected chi connectivity index (χ1v) is 4.69. The first kappa shape index (κ1) is 8.63. The maximum absolute atomic E-state index is 13.4. The fourth-order valence-corrected chi connectivity index (χ4v) is 1.83. The number of nitrogens with zero attached hydrogens (tertiary/aromatic N) is 1. The molecule has 0 unspecified atom stereocenters. The van der Waals surface area contributed by atoms with Crippen molar-refractivity contribution in [2.24, 2.45) is 0 Å². The number of aryl methyl sites for hydroxylation is 1. The molecule has 0 atom stereocenters. The predicted molar refractivity (Wildman–Crippen MR) is 54.1 cm³/mol. The van der Waals surface area contributed by atoms with Gasteiger partial charge < -0.3 is 0 Å². The Kier molecular flexibility index (Phi) is 2.04. The van der Waals surface area contributed by atoms with Gasteiger partial charge in [0.25, 0.3) is 0 Å². The average molecular weight is 240 g/mol. The molecule has 0 aliphatic rings. The standard InChI is InChI=1S/C10H7BrFN/c1-6-2-3-7(11)9-8(12)4-5-13-10(6)9/h2-5H,1H3. The first-order chi connectivity index (χ1) is 6.20. The number of benzene rings is 1. The quantitative estimate of drug-likeness (QED) is 0.687. The van der Waals surface area contributed by atoms with Crippen LogP contribution in [0.2, 0.25) is 0 Å². The first-order valence-electron chi connectivity index (χ1n) is 3.89. The molecule has 1 aromatic carbocycles. The second-order valence-electron chi connectivity index (χ2n) is 2.88. The number of hydrogen-bond donors (Lipinski definition) is 0. The smallest absolute Gasteiger partial charge is 0.135 e. The molecule has 1 aromatic heterocycles. The van der Waals surface area contributed by atoms with Crippen molar-refractivity contribution in [1.29, 1.82) is 0 Å². The van der Waals surface area contributed by atoms with Crippen molar-refractivity contribution in [1.82, 2.24) is 4.98 Å². The van der Waals surface area contributed by atoms with Crippen molar-refractivity contribution in [2.75, 3.05) is 0 Å². The Balaban J connectivity index is 3.00. The average Bonchev–Trinajstić information content (AvgIpc) is 2.12. The molecule has 0 radical (unpaired) electrons. The maximum atomic E-state index is 13.4. The topological polar surface area (TPSA) is 12.9 Å². The third-order valence-electron chi connectivity index (χ3n) is 1.99. The van der Waals surface area contributed by atoms with Gasteiger partial charge in [-0.05, 0) is 40.5 Å². The number of halogens is 2. The lowest BCUT2D eigenvalue weighted by Gasteiger charge is -2.03. The van der Waals surface area contributed by atoms with Gasteiger partial charge in [0.05, 0.1) is 10.9 Å². The summed E-state index contributed by atoms with van der Waals surface area (Å²) in [4.78, 5) is 4.13. The summed E-state index contributed by atoms with van der Waals surface area (Å²) in [5.41, 5.74) is 1.70. The fourth-order valence-electron chi connectivity index (χ4n) is 1.32. The summed E-state index contributed by atoms with van der Waals surface area (Å²) in [5, 5.41) is 0.558. The number of hydrogen-bond acceptors (Lipinski definition) is 1. The van der Waals surface area contributed by atoms with Crippen LogP contribution in [-0.4, -0.2) is 4.98 Å². The normalized spacial score (nSPS) is 10.7. The highest BCUT2D eigenvalue weighted by Crippen LogP contribution is 2.26. The predicted octanol–water partition coefficient (Wildman–Crippen LogP) is 3.44. The van der Waals surface area contributed by atoms with Crippen molar-refractivity contribution >= 4 is 26.8 Å². The van der Waals surface area contributed by atoms with Gasteiger partial charge in [-0.3, -0.25) is 4.98 Å². The Labute approximate surface area is 83.7 Å². The SMILES string of the molecule is Cc1ccc(Br)c2c(F)ccnc12. The lowest BCUT2D eigenvalue weighted by atomic mass is 10.1. The molecule has 0 N–H and O–H groups in total. The van der Waals surface area contributed by atoms with Gasteiger partial charge in [-0.15, -0.1) is 0 Å².